The van der Waals surface area contributed by atoms with Crippen LogP contribution in [0.1, 0.15) is 6.42 Å². The molecule has 0 saturated heterocycles. The molecule has 3 rings (SSSR count). The van der Waals surface area contributed by atoms with E-state index in [0.29, 0.717) is 0 Å². The van der Waals surface area contributed by atoms with Gasteiger partial charge in [-0.2, -0.15) is 0 Å². The largest absolute Gasteiger partial charge is 0.354 e. The molecule has 1 fully saturated rings. The van der Waals surface area contributed by atoms with Gasteiger partial charge in [0, 0.05) is 15.5 Å². The first-order valence-electron chi connectivity index (χ1n) is 5.20. The van der Waals surface area contributed by atoms with Crippen molar-refractivity contribution < 1.29 is 0 Å². The maximum Gasteiger partial charge on any atom is 0.0520 e. The Kier molecular flexibility index (Phi) is 1.93. The third kappa shape index (κ3) is 1.40. The Labute approximate surface area is 94.3 Å². The molecule has 0 amide bonds. The highest BCUT2D eigenvalue weighted by Gasteiger charge is 2.38. The molecular formula is C13H13NS. The van der Waals surface area contributed by atoms with Crippen LogP contribution >= 0.6 is 11.8 Å². The third-order valence-electron chi connectivity index (χ3n) is 3.05. The van der Waals surface area contributed by atoms with Gasteiger partial charge in [-0.3, -0.25) is 0 Å². The fourth-order valence-corrected chi connectivity index (χ4v) is 3.11. The lowest BCUT2D eigenvalue weighted by Crippen LogP contribution is -2.19. The maximum absolute atomic E-state index is 3.84. The average molecular weight is 215 g/mol. The van der Waals surface area contributed by atoms with Gasteiger partial charge in [0.15, 0.2) is 0 Å². The van der Waals surface area contributed by atoms with Gasteiger partial charge >= 0.3 is 0 Å². The van der Waals surface area contributed by atoms with E-state index in [-0.39, 0.29) is 0 Å². The molecular weight excluding hydrogens is 202 g/mol. The summed E-state index contributed by atoms with van der Waals surface area (Å²) in [7, 11) is 0. The van der Waals surface area contributed by atoms with Crippen molar-refractivity contribution in [2.24, 2.45) is 11.8 Å². The van der Waals surface area contributed by atoms with Gasteiger partial charge in [0.25, 0.3) is 0 Å². The number of allylic oxidation sites excluding steroid dienone is 4. The van der Waals surface area contributed by atoms with Crippen LogP contribution < -0.4 is 5.32 Å². The molecule has 0 aromatic carbocycles. The molecule has 1 heterocycles. The van der Waals surface area contributed by atoms with E-state index in [2.05, 4.69) is 30.6 Å². The van der Waals surface area contributed by atoms with Crippen LogP contribution in [0.15, 0.2) is 58.7 Å². The van der Waals surface area contributed by atoms with Crippen LogP contribution in [0, 0.1) is 11.8 Å². The van der Waals surface area contributed by atoms with Gasteiger partial charge in [-0.15, -0.1) is 0 Å². The zero-order valence-electron chi connectivity index (χ0n) is 8.49. The van der Waals surface area contributed by atoms with Crippen LogP contribution in [0.5, 0.6) is 0 Å². The molecule has 1 saturated carbocycles. The minimum absolute atomic E-state index is 0.785. The molecule has 2 aliphatic carbocycles. The summed E-state index contributed by atoms with van der Waals surface area (Å²) in [6, 6.07) is 0. The monoisotopic (exact) mass is 215 g/mol. The summed E-state index contributed by atoms with van der Waals surface area (Å²) in [5, 5.41) is 3.43. The highest BCUT2D eigenvalue weighted by molar-refractivity contribution is 8.07. The predicted molar refractivity (Wildman–Crippen MR) is 65.9 cm³/mol. The Morgan fingerprint density at radius 3 is 2.80 bits per heavy atom. The van der Waals surface area contributed by atoms with Crippen molar-refractivity contribution in [3.05, 3.63) is 58.7 Å². The molecule has 76 valence electrons. The van der Waals surface area contributed by atoms with Crippen LogP contribution in [0.4, 0.5) is 0 Å². The number of thioether (sulfide) groups is 1. The van der Waals surface area contributed by atoms with Gasteiger partial charge in [-0.25, -0.2) is 0 Å². The molecule has 0 spiro atoms. The van der Waals surface area contributed by atoms with Gasteiger partial charge in [0.2, 0.25) is 0 Å². The van der Waals surface area contributed by atoms with Gasteiger partial charge in [-0.05, 0) is 24.3 Å². The number of hydrogen-bond donors (Lipinski definition) is 1. The van der Waals surface area contributed by atoms with E-state index >= 15 is 0 Å². The highest BCUT2D eigenvalue weighted by atomic mass is 32.2. The molecule has 1 N–H and O–H groups in total. The van der Waals surface area contributed by atoms with Crippen molar-refractivity contribution in [1.29, 1.82) is 0 Å². The molecule has 3 aliphatic rings. The Hall–Kier alpha value is -1.15. The van der Waals surface area contributed by atoms with Crippen molar-refractivity contribution in [1.82, 2.24) is 5.32 Å². The summed E-state index contributed by atoms with van der Waals surface area (Å²) >= 11 is 1.80. The molecule has 2 unspecified atom stereocenters. The van der Waals surface area contributed by atoms with Crippen LogP contribution in [0.25, 0.3) is 0 Å². The van der Waals surface area contributed by atoms with Crippen molar-refractivity contribution >= 4 is 11.8 Å². The molecule has 1 aliphatic heterocycles. The molecule has 2 atom stereocenters. The van der Waals surface area contributed by atoms with Crippen LogP contribution in [0.2, 0.25) is 0 Å². The number of hydrogen-bond acceptors (Lipinski definition) is 2. The summed E-state index contributed by atoms with van der Waals surface area (Å²) in [5.74, 6) is 1.59. The molecule has 15 heavy (non-hydrogen) atoms. The number of rotatable bonds is 2. The second-order valence-corrected chi connectivity index (χ2v) is 5.17. The second-order valence-electron chi connectivity index (χ2n) is 4.09. The molecule has 0 aromatic heterocycles. The van der Waals surface area contributed by atoms with E-state index in [0.717, 1.165) is 17.5 Å². The minimum atomic E-state index is 0.785. The normalized spacial score (nSPS) is 31.7. The Bertz CT molecular complexity index is 399. The minimum Gasteiger partial charge on any atom is -0.354 e. The van der Waals surface area contributed by atoms with Gasteiger partial charge in [0.1, 0.15) is 0 Å². The first kappa shape index (κ1) is 9.10. The Balaban J connectivity index is 2.01. The summed E-state index contributed by atoms with van der Waals surface area (Å²) < 4.78 is 0. The van der Waals surface area contributed by atoms with Crippen molar-refractivity contribution in [3.8, 4) is 0 Å². The van der Waals surface area contributed by atoms with E-state index in [4.69, 9.17) is 0 Å². The van der Waals surface area contributed by atoms with E-state index < -0.39 is 0 Å². The molecule has 0 bridgehead atoms. The highest BCUT2D eigenvalue weighted by Crippen LogP contribution is 2.50. The second kappa shape index (κ2) is 3.17. The third-order valence-corrected chi connectivity index (χ3v) is 4.23. The fourth-order valence-electron chi connectivity index (χ4n) is 2.08. The van der Waals surface area contributed by atoms with E-state index in [1.807, 2.05) is 12.2 Å². The lowest BCUT2D eigenvalue weighted by atomic mass is 10.1. The topological polar surface area (TPSA) is 12.0 Å². The van der Waals surface area contributed by atoms with Gasteiger partial charge in [0.05, 0.1) is 5.70 Å². The molecule has 0 radical (unpaired) electrons. The predicted octanol–water partition coefficient (Wildman–Crippen LogP) is 3.32. The lowest BCUT2D eigenvalue weighted by Gasteiger charge is -2.25. The quantitative estimate of drug-likeness (QED) is 0.758. The fraction of sp³-hybridized carbons (Fsp3) is 0.231. The van der Waals surface area contributed by atoms with Crippen LogP contribution in [-0.2, 0) is 0 Å². The van der Waals surface area contributed by atoms with Crippen molar-refractivity contribution in [3.63, 3.8) is 0 Å². The van der Waals surface area contributed by atoms with Gasteiger partial charge in [-0.1, -0.05) is 43.1 Å². The average Bonchev–Trinajstić information content (AvgIpc) is 3.01. The summed E-state index contributed by atoms with van der Waals surface area (Å²) in [5.41, 5.74) is 2.34. The SMILES string of the molecule is C=CC1=C(C=C)SC2=CC3CC3C=C2N1. The molecule has 1 nitrogen and oxygen atoms in total. The van der Waals surface area contributed by atoms with E-state index in [1.165, 1.54) is 21.9 Å². The number of fused-ring (bicyclic) bond motifs is 2. The smallest absolute Gasteiger partial charge is 0.0520 e. The standard InChI is InChI=1S/C13H13NS/c1-3-10-12(4-2)15-13-7-9-5-8(9)6-11(13)14-10/h3-4,6-9,14H,1-2,5H2. The van der Waals surface area contributed by atoms with Crippen LogP contribution in [0.3, 0.4) is 0 Å². The van der Waals surface area contributed by atoms with Gasteiger partial charge < -0.3 is 5.32 Å². The first-order valence-corrected chi connectivity index (χ1v) is 6.01. The summed E-state index contributed by atoms with van der Waals surface area (Å²) in [6.07, 6.45) is 9.82. The zero-order valence-corrected chi connectivity index (χ0v) is 9.31. The number of nitrogens with one attached hydrogen (secondary N) is 1. The molecule has 2 heteroatoms. The Morgan fingerprint density at radius 1 is 1.27 bits per heavy atom. The summed E-state index contributed by atoms with van der Waals surface area (Å²) in [6.45, 7) is 7.66. The van der Waals surface area contributed by atoms with Crippen molar-refractivity contribution in [2.45, 2.75) is 6.42 Å². The maximum atomic E-state index is 3.84. The zero-order chi connectivity index (χ0) is 10.4. The molecule has 0 aromatic rings. The Morgan fingerprint density at radius 2 is 2.07 bits per heavy atom. The van der Waals surface area contributed by atoms with Crippen molar-refractivity contribution in [2.75, 3.05) is 0 Å². The van der Waals surface area contributed by atoms with Crippen LogP contribution in [-0.4, -0.2) is 0 Å². The lowest BCUT2D eigenvalue weighted by molar-refractivity contribution is 0.906. The van der Waals surface area contributed by atoms with E-state index in [1.54, 1.807) is 11.8 Å². The van der Waals surface area contributed by atoms with E-state index in [9.17, 15) is 0 Å². The summed E-state index contributed by atoms with van der Waals surface area (Å²) in [4.78, 5) is 2.53. The first-order chi connectivity index (χ1) is 7.31.